The van der Waals surface area contributed by atoms with Crippen LogP contribution >= 0.6 is 0 Å². The lowest BCUT2D eigenvalue weighted by Gasteiger charge is -2.42. The highest BCUT2D eigenvalue weighted by molar-refractivity contribution is 5.47. The second-order valence-corrected chi connectivity index (χ2v) is 13.0. The minimum absolute atomic E-state index is 0.0735. The molecule has 4 aromatic carbocycles. The summed E-state index contributed by atoms with van der Waals surface area (Å²) >= 11 is 0. The second kappa shape index (κ2) is 14.3. The molecule has 2 atom stereocenters. The van der Waals surface area contributed by atoms with E-state index in [-0.39, 0.29) is 5.41 Å². The molecular formula is C41H52N2. The summed E-state index contributed by atoms with van der Waals surface area (Å²) < 4.78 is 0. The van der Waals surface area contributed by atoms with E-state index >= 15 is 0 Å². The zero-order valence-electron chi connectivity index (χ0n) is 26.7. The largest absolute Gasteiger partial charge is 0.399 e. The number of anilines is 2. The number of nitrogen functional groups attached to an aromatic ring is 2. The Kier molecular flexibility index (Phi) is 10.3. The van der Waals surface area contributed by atoms with Gasteiger partial charge < -0.3 is 11.5 Å². The molecule has 43 heavy (non-hydrogen) atoms. The lowest BCUT2D eigenvalue weighted by atomic mass is 9.62. The maximum atomic E-state index is 5.99. The predicted octanol–water partition coefficient (Wildman–Crippen LogP) is 11.0. The summed E-state index contributed by atoms with van der Waals surface area (Å²) in [5.41, 5.74) is 22.1. The van der Waals surface area contributed by atoms with Gasteiger partial charge in [0.15, 0.2) is 0 Å². The van der Waals surface area contributed by atoms with E-state index < -0.39 is 0 Å². The standard InChI is InChI=1S/C41H52N2/c1-4-7-8-9-30-26-28-41(29-27-30,35-18-10-31(11-19-35)39(5-2)33-14-22-37(42)23-15-33)36-20-12-32(13-21-36)40(6-3)34-16-24-38(43)25-17-34/h10-25,30,39-40H,4-9,26-29,42-43H2,1-3H3. The SMILES string of the molecule is CCCCCC1CCC(c2ccc(C(CC)c3ccc(N)cc3)cc2)(c2ccc(C(CC)c3ccc(N)cc3)cc2)CC1. The third-order valence-corrected chi connectivity index (χ3v) is 10.4. The monoisotopic (exact) mass is 572 g/mol. The quantitative estimate of drug-likeness (QED) is 0.131. The molecule has 0 heterocycles. The van der Waals surface area contributed by atoms with Gasteiger partial charge in [0.05, 0.1) is 0 Å². The lowest BCUT2D eigenvalue weighted by Crippen LogP contribution is -2.33. The van der Waals surface area contributed by atoms with Crippen LogP contribution in [0.4, 0.5) is 11.4 Å². The van der Waals surface area contributed by atoms with Crippen molar-refractivity contribution in [3.05, 3.63) is 130 Å². The molecule has 0 aliphatic heterocycles. The molecule has 226 valence electrons. The number of benzene rings is 4. The molecule has 0 amide bonds. The summed E-state index contributed by atoms with van der Waals surface area (Å²) in [6.07, 6.45) is 12.7. The van der Waals surface area contributed by atoms with Crippen LogP contribution in [0, 0.1) is 5.92 Å². The predicted molar refractivity (Wildman–Crippen MR) is 186 cm³/mol. The molecule has 1 aliphatic carbocycles. The van der Waals surface area contributed by atoms with Crippen molar-refractivity contribution in [3.8, 4) is 0 Å². The molecule has 1 fully saturated rings. The Morgan fingerprint density at radius 1 is 0.558 bits per heavy atom. The van der Waals surface area contributed by atoms with Gasteiger partial charge in [0.2, 0.25) is 0 Å². The fourth-order valence-corrected chi connectivity index (χ4v) is 7.74. The molecule has 2 heteroatoms. The molecule has 4 N–H and O–H groups in total. The Hall–Kier alpha value is -3.52. The average Bonchev–Trinajstić information content (AvgIpc) is 3.05. The van der Waals surface area contributed by atoms with Gasteiger partial charge in [0, 0.05) is 28.6 Å². The van der Waals surface area contributed by atoms with E-state index in [2.05, 4.69) is 93.6 Å². The molecule has 5 rings (SSSR count). The van der Waals surface area contributed by atoms with Crippen molar-refractivity contribution in [2.75, 3.05) is 11.5 Å². The van der Waals surface area contributed by atoms with Crippen LogP contribution in [0.2, 0.25) is 0 Å². The number of unbranched alkanes of at least 4 members (excludes halogenated alkanes) is 2. The van der Waals surface area contributed by atoms with Crippen molar-refractivity contribution >= 4 is 11.4 Å². The molecule has 0 bridgehead atoms. The third-order valence-electron chi connectivity index (χ3n) is 10.4. The summed E-state index contributed by atoms with van der Waals surface area (Å²) in [4.78, 5) is 0. The summed E-state index contributed by atoms with van der Waals surface area (Å²) in [5, 5.41) is 0. The fourth-order valence-electron chi connectivity index (χ4n) is 7.74. The molecule has 0 aromatic heterocycles. The minimum Gasteiger partial charge on any atom is -0.399 e. The molecule has 1 saturated carbocycles. The van der Waals surface area contributed by atoms with Crippen LogP contribution in [0.25, 0.3) is 0 Å². The Labute approximate surface area is 260 Å². The summed E-state index contributed by atoms with van der Waals surface area (Å²) in [5.74, 6) is 1.64. The lowest BCUT2D eigenvalue weighted by molar-refractivity contribution is 0.250. The van der Waals surface area contributed by atoms with Gasteiger partial charge in [-0.2, -0.15) is 0 Å². The Balaban J connectivity index is 1.44. The highest BCUT2D eigenvalue weighted by atomic mass is 14.5. The average molecular weight is 573 g/mol. The second-order valence-electron chi connectivity index (χ2n) is 13.0. The molecule has 2 nitrogen and oxygen atoms in total. The van der Waals surface area contributed by atoms with Crippen LogP contribution in [-0.4, -0.2) is 0 Å². The van der Waals surface area contributed by atoms with Gasteiger partial charge in [-0.05, 0) is 102 Å². The van der Waals surface area contributed by atoms with Gasteiger partial charge >= 0.3 is 0 Å². The highest BCUT2D eigenvalue weighted by Gasteiger charge is 2.38. The third kappa shape index (κ3) is 7.01. The molecule has 2 unspecified atom stereocenters. The van der Waals surface area contributed by atoms with Gasteiger partial charge in [0.25, 0.3) is 0 Å². The minimum atomic E-state index is 0.0735. The van der Waals surface area contributed by atoms with E-state index in [1.54, 1.807) is 0 Å². The van der Waals surface area contributed by atoms with E-state index in [0.29, 0.717) is 11.8 Å². The van der Waals surface area contributed by atoms with Crippen molar-refractivity contribution < 1.29 is 0 Å². The zero-order valence-corrected chi connectivity index (χ0v) is 26.7. The van der Waals surface area contributed by atoms with Crippen LogP contribution in [0.3, 0.4) is 0 Å². The van der Waals surface area contributed by atoms with Crippen LogP contribution in [0.15, 0.2) is 97.1 Å². The first-order valence-electron chi connectivity index (χ1n) is 16.9. The van der Waals surface area contributed by atoms with Crippen molar-refractivity contribution in [1.29, 1.82) is 0 Å². The van der Waals surface area contributed by atoms with Crippen molar-refractivity contribution in [2.45, 2.75) is 102 Å². The van der Waals surface area contributed by atoms with Crippen molar-refractivity contribution in [2.24, 2.45) is 5.92 Å². The fraction of sp³-hybridized carbons (Fsp3) is 0.415. The van der Waals surface area contributed by atoms with Crippen LogP contribution < -0.4 is 11.5 Å². The number of rotatable bonds is 12. The van der Waals surface area contributed by atoms with E-state index in [1.165, 1.54) is 84.7 Å². The van der Waals surface area contributed by atoms with Crippen molar-refractivity contribution in [1.82, 2.24) is 0 Å². The number of nitrogens with two attached hydrogens (primary N) is 2. The maximum Gasteiger partial charge on any atom is 0.0314 e. The van der Waals surface area contributed by atoms with Gasteiger partial charge in [-0.25, -0.2) is 0 Å². The smallest absolute Gasteiger partial charge is 0.0314 e. The highest BCUT2D eigenvalue weighted by Crippen LogP contribution is 2.48. The number of hydrogen-bond donors (Lipinski definition) is 2. The van der Waals surface area contributed by atoms with E-state index in [4.69, 9.17) is 11.5 Å². The van der Waals surface area contributed by atoms with Crippen LogP contribution in [0.1, 0.15) is 130 Å². The Bertz CT molecular complexity index is 1290. The zero-order chi connectivity index (χ0) is 30.2. The summed E-state index contributed by atoms with van der Waals surface area (Å²) in [7, 11) is 0. The van der Waals surface area contributed by atoms with Gasteiger partial charge in [0.1, 0.15) is 0 Å². The maximum absolute atomic E-state index is 5.99. The Morgan fingerprint density at radius 2 is 0.930 bits per heavy atom. The first kappa shape index (κ1) is 30.9. The Morgan fingerprint density at radius 3 is 1.28 bits per heavy atom. The molecular weight excluding hydrogens is 520 g/mol. The van der Waals surface area contributed by atoms with Crippen LogP contribution in [-0.2, 0) is 5.41 Å². The molecule has 0 saturated heterocycles. The molecule has 4 aromatic rings. The van der Waals surface area contributed by atoms with E-state index in [1.807, 2.05) is 24.3 Å². The molecule has 0 radical (unpaired) electrons. The normalized spacial score (nSPS) is 20.0. The van der Waals surface area contributed by atoms with Gasteiger partial charge in [-0.1, -0.05) is 119 Å². The van der Waals surface area contributed by atoms with Gasteiger partial charge in [-0.15, -0.1) is 0 Å². The first-order valence-corrected chi connectivity index (χ1v) is 16.9. The van der Waals surface area contributed by atoms with Crippen molar-refractivity contribution in [3.63, 3.8) is 0 Å². The molecule has 1 aliphatic rings. The molecule has 0 spiro atoms. The topological polar surface area (TPSA) is 52.0 Å². The number of hydrogen-bond acceptors (Lipinski definition) is 2. The summed E-state index contributed by atoms with van der Waals surface area (Å²) in [6, 6.07) is 36.3. The first-order chi connectivity index (χ1) is 21.0. The van der Waals surface area contributed by atoms with E-state index in [0.717, 1.165) is 30.1 Å². The van der Waals surface area contributed by atoms with Crippen LogP contribution in [0.5, 0.6) is 0 Å². The summed E-state index contributed by atoms with van der Waals surface area (Å²) in [6.45, 7) is 6.88. The van der Waals surface area contributed by atoms with E-state index in [9.17, 15) is 0 Å². The van der Waals surface area contributed by atoms with Gasteiger partial charge in [-0.3, -0.25) is 0 Å².